The molecule has 2 atom stereocenters. The Morgan fingerprint density at radius 1 is 0.680 bits per heavy atom. The minimum Gasteiger partial charge on any atom is -0.271 e. The topological polar surface area (TPSA) is 111 Å². The van der Waals surface area contributed by atoms with Gasteiger partial charge in [-0.15, -0.1) is 0 Å². The highest BCUT2D eigenvalue weighted by molar-refractivity contribution is 8.04. The van der Waals surface area contributed by atoms with Gasteiger partial charge >= 0.3 is 0 Å². The minimum atomic E-state index is -0.384. The summed E-state index contributed by atoms with van der Waals surface area (Å²) in [7, 11) is 0. The highest BCUT2D eigenvalue weighted by atomic mass is 32.2. The first-order valence-corrected chi connectivity index (χ1v) is 18.7. The van der Waals surface area contributed by atoms with Crippen LogP contribution >= 0.6 is 24.0 Å². The number of hydrogen-bond donors (Lipinski definition) is 0. The number of unbranched alkanes of at least 4 members (excludes halogenated alkanes) is 2. The van der Waals surface area contributed by atoms with Gasteiger partial charge in [0.15, 0.2) is 0 Å². The van der Waals surface area contributed by atoms with Crippen LogP contribution in [0.15, 0.2) is 46.3 Å². The third kappa shape index (κ3) is 4.79. The van der Waals surface area contributed by atoms with E-state index >= 15 is 0 Å². The second kappa shape index (κ2) is 13.2. The number of isothiocyanates is 1. The van der Waals surface area contributed by atoms with E-state index < -0.39 is 0 Å². The Morgan fingerprint density at radius 3 is 1.68 bits per heavy atom. The Hall–Kier alpha value is -4.68. The molecule has 4 amide bonds. The summed E-state index contributed by atoms with van der Waals surface area (Å²) in [6, 6.07) is 10.2. The normalized spacial score (nSPS) is 15.4. The van der Waals surface area contributed by atoms with Crippen molar-refractivity contribution < 1.29 is 19.2 Å². The Kier molecular flexibility index (Phi) is 8.94. The zero-order chi connectivity index (χ0) is 35.4. The Morgan fingerprint density at radius 2 is 1.18 bits per heavy atom. The molecule has 8 nitrogen and oxygen atoms in total. The quantitative estimate of drug-likeness (QED) is 0.0242. The van der Waals surface area contributed by atoms with Gasteiger partial charge in [-0.1, -0.05) is 65.5 Å². The van der Waals surface area contributed by atoms with Crippen LogP contribution in [0.25, 0.3) is 43.1 Å². The van der Waals surface area contributed by atoms with Gasteiger partial charge in [-0.2, -0.15) is 10.3 Å². The molecule has 0 saturated carbocycles. The van der Waals surface area contributed by atoms with Crippen molar-refractivity contribution >= 4 is 102 Å². The number of thioether (sulfide) groups is 1. The number of imide groups is 2. The van der Waals surface area contributed by atoms with Crippen molar-refractivity contribution in [2.75, 3.05) is 0 Å². The number of thiocarbonyl (C=S) groups is 1. The Bertz CT molecular complexity index is 2370. The summed E-state index contributed by atoms with van der Waals surface area (Å²) >= 11 is 6.05. The van der Waals surface area contributed by atoms with Crippen LogP contribution in [0, 0.1) is 10.7 Å². The fourth-order valence-electron chi connectivity index (χ4n) is 8.29. The fourth-order valence-corrected chi connectivity index (χ4v) is 8.98. The molecule has 0 spiro atoms. The third-order valence-corrected chi connectivity index (χ3v) is 11.3. The number of thiocyanates is 1. The lowest BCUT2D eigenvalue weighted by atomic mass is 9.81. The van der Waals surface area contributed by atoms with Crippen molar-refractivity contribution in [3.63, 3.8) is 0 Å². The number of nitriles is 1. The Balaban J connectivity index is 1.60. The number of carbonyl (C=O) groups excluding carboxylic acids is 4. The van der Waals surface area contributed by atoms with Crippen LogP contribution in [-0.2, 0) is 0 Å². The number of hydrogen-bond acceptors (Lipinski definition) is 8. The summed E-state index contributed by atoms with van der Waals surface area (Å²) in [5, 5.41) is 19.8. The van der Waals surface area contributed by atoms with Crippen LogP contribution in [0.4, 0.5) is 5.69 Å². The molecule has 252 valence electrons. The standard InChI is InChI=1S/C40H36N4O4S2/c1-5-9-11-21(7-3)43-37(45)25-15-13-23-31-24(14-16-26(32(25)31)38(43)46)35-30(50-19-41)18-28-33-27(17-29(42-20-49)34(23)36(33)35)39(47)44(40(28)48)22(8-4)12-10-6-2/h13-18,21-22H,5-12H2,1-4H3. The molecule has 5 aromatic rings. The first-order valence-electron chi connectivity index (χ1n) is 17.4. The summed E-state index contributed by atoms with van der Waals surface area (Å²) in [5.41, 5.74) is 1.98. The maximum Gasteiger partial charge on any atom is 0.261 e. The van der Waals surface area contributed by atoms with E-state index in [0.29, 0.717) is 89.8 Å². The summed E-state index contributed by atoms with van der Waals surface area (Å²) < 4.78 is 0. The van der Waals surface area contributed by atoms with Gasteiger partial charge in [0.2, 0.25) is 0 Å². The predicted octanol–water partition coefficient (Wildman–Crippen LogP) is 10.2. The van der Waals surface area contributed by atoms with E-state index in [0.717, 1.165) is 49.3 Å². The highest BCUT2D eigenvalue weighted by Crippen LogP contribution is 2.52. The van der Waals surface area contributed by atoms with E-state index in [-0.39, 0.29) is 35.7 Å². The first-order chi connectivity index (χ1) is 24.3. The number of carbonyl (C=O) groups is 4. The molecule has 50 heavy (non-hydrogen) atoms. The smallest absolute Gasteiger partial charge is 0.261 e. The zero-order valence-electron chi connectivity index (χ0n) is 28.5. The third-order valence-electron chi connectivity index (χ3n) is 10.6. The van der Waals surface area contributed by atoms with Crippen LogP contribution in [-0.4, -0.2) is 50.7 Å². The fraction of sp³-hybridized carbons (Fsp3) is 0.350. The van der Waals surface area contributed by atoms with Crippen molar-refractivity contribution in [3.8, 4) is 5.40 Å². The molecule has 0 aliphatic carbocycles. The molecule has 7 rings (SSSR count). The lowest BCUT2D eigenvalue weighted by Gasteiger charge is -2.35. The molecule has 0 saturated heterocycles. The van der Waals surface area contributed by atoms with Gasteiger partial charge in [0.05, 0.1) is 16.4 Å². The molecule has 2 aliphatic heterocycles. The predicted molar refractivity (Wildman–Crippen MR) is 202 cm³/mol. The number of aliphatic imine (C=N–C) groups is 1. The molecule has 0 N–H and O–H groups in total. The van der Waals surface area contributed by atoms with E-state index in [1.165, 1.54) is 9.80 Å². The number of amides is 4. The van der Waals surface area contributed by atoms with Gasteiger partial charge in [-0.25, -0.2) is 0 Å². The van der Waals surface area contributed by atoms with Crippen molar-refractivity contribution in [2.24, 2.45) is 4.99 Å². The average Bonchev–Trinajstić information content (AvgIpc) is 3.12. The van der Waals surface area contributed by atoms with Gasteiger partial charge in [-0.3, -0.25) is 29.0 Å². The minimum absolute atomic E-state index is 0.214. The van der Waals surface area contributed by atoms with Crippen molar-refractivity contribution in [1.82, 2.24) is 9.80 Å². The van der Waals surface area contributed by atoms with Crippen molar-refractivity contribution in [2.45, 2.75) is 96.0 Å². The molecule has 0 radical (unpaired) electrons. The summed E-state index contributed by atoms with van der Waals surface area (Å²) in [5.74, 6) is -1.40. The van der Waals surface area contributed by atoms with E-state index in [2.05, 4.69) is 29.4 Å². The molecule has 5 aromatic carbocycles. The van der Waals surface area contributed by atoms with Crippen LogP contribution < -0.4 is 0 Å². The SMILES string of the molecule is CCCCC(CC)N1C(=O)c2ccc3c4c(N=C=S)cc5c6c(cc(SC#N)c(c7ccc(c2c37)C1=O)c64)C(=O)N(C(CC)CCCC)C5=O. The highest BCUT2D eigenvalue weighted by Gasteiger charge is 2.41. The first kappa shape index (κ1) is 33.8. The summed E-state index contributed by atoms with van der Waals surface area (Å²) in [6.07, 6.45) is 6.37. The number of rotatable bonds is 12. The van der Waals surface area contributed by atoms with Gasteiger partial charge in [0.1, 0.15) is 5.40 Å². The molecule has 10 heteroatoms. The molecule has 0 aromatic heterocycles. The second-order valence-electron chi connectivity index (χ2n) is 13.2. The maximum atomic E-state index is 14.4. The van der Waals surface area contributed by atoms with Crippen LogP contribution in [0.5, 0.6) is 0 Å². The molecule has 2 aliphatic rings. The second-order valence-corrected chi connectivity index (χ2v) is 14.2. The number of fused-ring (bicyclic) bond motifs is 2. The monoisotopic (exact) mass is 700 g/mol. The van der Waals surface area contributed by atoms with Crippen molar-refractivity contribution in [1.29, 1.82) is 5.26 Å². The van der Waals surface area contributed by atoms with E-state index in [1.807, 2.05) is 26.0 Å². The number of nitrogens with zero attached hydrogens (tertiary/aromatic N) is 4. The lowest BCUT2D eigenvalue weighted by molar-refractivity contribution is 0.0508. The average molecular weight is 701 g/mol. The van der Waals surface area contributed by atoms with E-state index in [1.54, 1.807) is 24.3 Å². The van der Waals surface area contributed by atoms with Crippen LogP contribution in [0.3, 0.4) is 0 Å². The summed E-state index contributed by atoms with van der Waals surface area (Å²) in [6.45, 7) is 8.15. The van der Waals surface area contributed by atoms with E-state index in [4.69, 9.17) is 12.2 Å². The lowest BCUT2D eigenvalue weighted by Crippen LogP contribution is -2.47. The van der Waals surface area contributed by atoms with Crippen molar-refractivity contribution in [3.05, 3.63) is 58.7 Å². The zero-order valence-corrected chi connectivity index (χ0v) is 30.1. The Labute approximate surface area is 299 Å². The van der Waals surface area contributed by atoms with Crippen LogP contribution in [0.2, 0.25) is 0 Å². The van der Waals surface area contributed by atoms with Crippen LogP contribution in [0.1, 0.15) is 120 Å². The van der Waals surface area contributed by atoms with Gasteiger partial charge in [-0.05, 0) is 90.1 Å². The van der Waals surface area contributed by atoms with Gasteiger partial charge < -0.3 is 0 Å². The largest absolute Gasteiger partial charge is 0.271 e. The number of benzene rings is 5. The van der Waals surface area contributed by atoms with Gasteiger partial charge in [0, 0.05) is 60.6 Å². The molecule has 0 bridgehead atoms. The van der Waals surface area contributed by atoms with Gasteiger partial charge in [0.25, 0.3) is 23.6 Å². The molecule has 2 unspecified atom stereocenters. The maximum absolute atomic E-state index is 14.4. The molecular weight excluding hydrogens is 665 g/mol. The molecular formula is C40H36N4O4S2. The molecule has 2 heterocycles. The molecule has 0 fully saturated rings. The van der Waals surface area contributed by atoms with E-state index in [9.17, 15) is 24.4 Å². The summed E-state index contributed by atoms with van der Waals surface area (Å²) in [4.78, 5) is 65.0.